The van der Waals surface area contributed by atoms with Crippen LogP contribution >= 0.6 is 0 Å². The second-order valence-electron chi connectivity index (χ2n) is 4.35. The van der Waals surface area contributed by atoms with Crippen LogP contribution in [0.25, 0.3) is 0 Å². The Bertz CT molecular complexity index is 293. The summed E-state index contributed by atoms with van der Waals surface area (Å²) in [5.41, 5.74) is 4.39. The van der Waals surface area contributed by atoms with Crippen molar-refractivity contribution in [3.05, 3.63) is 34.9 Å². The van der Waals surface area contributed by atoms with Crippen molar-refractivity contribution >= 4 is 0 Å². The number of rotatable bonds is 4. The van der Waals surface area contributed by atoms with E-state index in [1.807, 2.05) is 0 Å². The van der Waals surface area contributed by atoms with E-state index in [0.29, 0.717) is 0 Å². The number of hydrogen-bond acceptors (Lipinski definition) is 1. The van der Waals surface area contributed by atoms with E-state index in [1.165, 1.54) is 36.0 Å². The first-order valence-electron chi connectivity index (χ1n) is 5.56. The maximum absolute atomic E-state index is 3.56. The summed E-state index contributed by atoms with van der Waals surface area (Å²) in [5.74, 6) is 0. The summed E-state index contributed by atoms with van der Waals surface area (Å²) in [6.07, 6.45) is 3.94. The van der Waals surface area contributed by atoms with Gasteiger partial charge < -0.3 is 5.32 Å². The Morgan fingerprint density at radius 2 is 1.86 bits per heavy atom. The third-order valence-corrected chi connectivity index (χ3v) is 3.03. The number of hydrogen-bond donors (Lipinski definition) is 1. The molecule has 0 amide bonds. The van der Waals surface area contributed by atoms with Crippen LogP contribution in [-0.4, -0.2) is 12.6 Å². The van der Waals surface area contributed by atoms with Crippen molar-refractivity contribution in [2.75, 3.05) is 6.54 Å². The third-order valence-electron chi connectivity index (χ3n) is 3.03. The number of aryl methyl sites for hydroxylation is 2. The first kappa shape index (κ1) is 9.72. The van der Waals surface area contributed by atoms with Crippen molar-refractivity contribution in [1.29, 1.82) is 0 Å². The molecule has 0 radical (unpaired) electrons. The molecule has 0 unspecified atom stereocenters. The topological polar surface area (TPSA) is 12.0 Å². The average molecular weight is 189 g/mol. The van der Waals surface area contributed by atoms with Gasteiger partial charge in [-0.3, -0.25) is 0 Å². The third kappa shape index (κ3) is 2.36. The lowest BCUT2D eigenvalue weighted by molar-refractivity contribution is 0.679. The predicted molar refractivity (Wildman–Crippen MR) is 60.6 cm³/mol. The zero-order valence-corrected chi connectivity index (χ0v) is 9.14. The molecule has 0 spiro atoms. The van der Waals surface area contributed by atoms with Gasteiger partial charge in [0, 0.05) is 6.04 Å². The Morgan fingerprint density at radius 1 is 1.21 bits per heavy atom. The highest BCUT2D eigenvalue weighted by molar-refractivity contribution is 5.33. The molecule has 0 heterocycles. The average Bonchev–Trinajstić information content (AvgIpc) is 2.94. The summed E-state index contributed by atoms with van der Waals surface area (Å²) >= 11 is 0. The summed E-state index contributed by atoms with van der Waals surface area (Å²) in [7, 11) is 0. The predicted octanol–water partition coefficient (Wildman–Crippen LogP) is 2.60. The minimum atomic E-state index is 0.833. The molecule has 1 fully saturated rings. The van der Waals surface area contributed by atoms with Crippen LogP contribution in [0.1, 0.15) is 29.5 Å². The minimum Gasteiger partial charge on any atom is -0.314 e. The van der Waals surface area contributed by atoms with Crippen LogP contribution in [-0.2, 0) is 6.42 Å². The molecule has 0 aliphatic heterocycles. The number of benzene rings is 1. The van der Waals surface area contributed by atoms with E-state index in [4.69, 9.17) is 0 Å². The molecular formula is C13H19N. The van der Waals surface area contributed by atoms with Crippen molar-refractivity contribution in [3.8, 4) is 0 Å². The molecule has 1 heteroatoms. The van der Waals surface area contributed by atoms with E-state index in [1.54, 1.807) is 0 Å². The molecular weight excluding hydrogens is 170 g/mol. The first-order chi connectivity index (χ1) is 6.77. The van der Waals surface area contributed by atoms with Gasteiger partial charge in [-0.2, -0.15) is 0 Å². The quantitative estimate of drug-likeness (QED) is 0.767. The lowest BCUT2D eigenvalue weighted by Gasteiger charge is -2.09. The Balaban J connectivity index is 1.92. The van der Waals surface area contributed by atoms with Gasteiger partial charge in [-0.15, -0.1) is 0 Å². The smallest absolute Gasteiger partial charge is 0.00683 e. The van der Waals surface area contributed by atoms with Crippen LogP contribution < -0.4 is 5.32 Å². The fraction of sp³-hybridized carbons (Fsp3) is 0.538. The van der Waals surface area contributed by atoms with Crippen molar-refractivity contribution in [2.24, 2.45) is 0 Å². The molecule has 1 aromatic carbocycles. The standard InChI is InChI=1S/C13H19N/c1-10-4-3-5-11(2)13(10)8-9-14-12-6-7-12/h3-5,12,14H,6-9H2,1-2H3. The van der Waals surface area contributed by atoms with Gasteiger partial charge >= 0.3 is 0 Å². The van der Waals surface area contributed by atoms with Crippen molar-refractivity contribution in [1.82, 2.24) is 5.32 Å². The highest BCUT2D eigenvalue weighted by atomic mass is 14.9. The van der Waals surface area contributed by atoms with E-state index in [9.17, 15) is 0 Å². The van der Waals surface area contributed by atoms with Gasteiger partial charge in [0.15, 0.2) is 0 Å². The Hall–Kier alpha value is -0.820. The summed E-state index contributed by atoms with van der Waals surface area (Å²) in [6, 6.07) is 7.39. The Morgan fingerprint density at radius 3 is 2.43 bits per heavy atom. The van der Waals surface area contributed by atoms with Gasteiger partial charge in [-0.25, -0.2) is 0 Å². The van der Waals surface area contributed by atoms with Gasteiger partial charge in [0.1, 0.15) is 0 Å². The zero-order chi connectivity index (χ0) is 9.97. The van der Waals surface area contributed by atoms with E-state index >= 15 is 0 Å². The van der Waals surface area contributed by atoms with Gasteiger partial charge in [0.25, 0.3) is 0 Å². The molecule has 2 rings (SSSR count). The molecule has 76 valence electrons. The van der Waals surface area contributed by atoms with Gasteiger partial charge in [-0.1, -0.05) is 18.2 Å². The SMILES string of the molecule is Cc1cccc(C)c1CCNC1CC1. The van der Waals surface area contributed by atoms with Crippen molar-refractivity contribution in [3.63, 3.8) is 0 Å². The first-order valence-corrected chi connectivity index (χ1v) is 5.56. The minimum absolute atomic E-state index is 0.833. The molecule has 1 aliphatic carbocycles. The van der Waals surface area contributed by atoms with Gasteiger partial charge in [-0.05, 0) is 56.3 Å². The summed E-state index contributed by atoms with van der Waals surface area (Å²) in [4.78, 5) is 0. The van der Waals surface area contributed by atoms with Crippen LogP contribution in [0.15, 0.2) is 18.2 Å². The molecule has 0 bridgehead atoms. The van der Waals surface area contributed by atoms with Crippen LogP contribution in [0.4, 0.5) is 0 Å². The zero-order valence-electron chi connectivity index (χ0n) is 9.14. The van der Waals surface area contributed by atoms with Crippen LogP contribution in [0.2, 0.25) is 0 Å². The maximum Gasteiger partial charge on any atom is 0.00683 e. The number of nitrogens with one attached hydrogen (secondary N) is 1. The highest BCUT2D eigenvalue weighted by Gasteiger charge is 2.19. The van der Waals surface area contributed by atoms with Crippen LogP contribution in [0, 0.1) is 13.8 Å². The largest absolute Gasteiger partial charge is 0.314 e. The summed E-state index contributed by atoms with van der Waals surface area (Å²) in [5, 5.41) is 3.56. The fourth-order valence-corrected chi connectivity index (χ4v) is 1.93. The fourth-order valence-electron chi connectivity index (χ4n) is 1.93. The lowest BCUT2D eigenvalue weighted by Crippen LogP contribution is -2.19. The highest BCUT2D eigenvalue weighted by Crippen LogP contribution is 2.19. The maximum atomic E-state index is 3.56. The van der Waals surface area contributed by atoms with Crippen LogP contribution in [0.5, 0.6) is 0 Å². The normalized spacial score (nSPS) is 15.9. The molecule has 1 aromatic rings. The summed E-state index contributed by atoms with van der Waals surface area (Å²) in [6.45, 7) is 5.55. The molecule has 1 N–H and O–H groups in total. The van der Waals surface area contributed by atoms with Crippen molar-refractivity contribution < 1.29 is 0 Å². The Kier molecular flexibility index (Phi) is 2.87. The monoisotopic (exact) mass is 189 g/mol. The summed E-state index contributed by atoms with van der Waals surface area (Å²) < 4.78 is 0. The van der Waals surface area contributed by atoms with Crippen molar-refractivity contribution in [2.45, 2.75) is 39.2 Å². The second-order valence-corrected chi connectivity index (χ2v) is 4.35. The lowest BCUT2D eigenvalue weighted by atomic mass is 10.0. The molecule has 1 saturated carbocycles. The Labute approximate surface area is 86.5 Å². The van der Waals surface area contributed by atoms with E-state index < -0.39 is 0 Å². The molecule has 1 nitrogen and oxygen atoms in total. The van der Waals surface area contributed by atoms with E-state index in [0.717, 1.165) is 12.6 Å². The van der Waals surface area contributed by atoms with Gasteiger partial charge in [0.2, 0.25) is 0 Å². The second kappa shape index (κ2) is 4.14. The molecule has 0 aromatic heterocycles. The molecule has 14 heavy (non-hydrogen) atoms. The molecule has 0 atom stereocenters. The van der Waals surface area contributed by atoms with E-state index in [2.05, 4.69) is 37.4 Å². The van der Waals surface area contributed by atoms with E-state index in [-0.39, 0.29) is 0 Å². The van der Waals surface area contributed by atoms with Gasteiger partial charge in [0.05, 0.1) is 0 Å². The molecule has 1 aliphatic rings. The van der Waals surface area contributed by atoms with Crippen LogP contribution in [0.3, 0.4) is 0 Å². The molecule has 0 saturated heterocycles.